The predicted octanol–water partition coefficient (Wildman–Crippen LogP) is 0.309. The quantitative estimate of drug-likeness (QED) is 0.868. The molecular weight excluding hydrogens is 294 g/mol. The van der Waals surface area contributed by atoms with Crippen LogP contribution in [0, 0.1) is 0 Å². The fourth-order valence-electron chi connectivity index (χ4n) is 3.66. The van der Waals surface area contributed by atoms with E-state index in [9.17, 15) is 4.79 Å². The van der Waals surface area contributed by atoms with Crippen LogP contribution in [0.4, 0.5) is 0 Å². The lowest BCUT2D eigenvalue weighted by Gasteiger charge is -2.38. The molecular formula is C16H25N5O2. The molecule has 3 heterocycles. The molecule has 0 bridgehead atoms. The number of nitrogens with zero attached hydrogens (tertiary/aromatic N) is 4. The minimum Gasteiger partial charge on any atom is -0.368 e. The van der Waals surface area contributed by atoms with Gasteiger partial charge in [0, 0.05) is 32.5 Å². The van der Waals surface area contributed by atoms with Crippen LogP contribution in [0.15, 0.2) is 0 Å². The molecule has 0 atom stereocenters. The van der Waals surface area contributed by atoms with Gasteiger partial charge < -0.3 is 15.0 Å². The summed E-state index contributed by atoms with van der Waals surface area (Å²) in [5.41, 5.74) is -0.649. The normalized spacial score (nSPS) is 24.1. The molecule has 23 heavy (non-hydrogen) atoms. The van der Waals surface area contributed by atoms with Gasteiger partial charge in [-0.1, -0.05) is 0 Å². The molecule has 1 aromatic heterocycles. The van der Waals surface area contributed by atoms with Crippen molar-refractivity contribution in [2.24, 2.45) is 0 Å². The number of aromatic nitrogens is 3. The Balaban J connectivity index is 1.46. The molecule has 7 nitrogen and oxygen atoms in total. The van der Waals surface area contributed by atoms with Crippen LogP contribution >= 0.6 is 0 Å². The second-order valence-electron chi connectivity index (χ2n) is 6.87. The molecule has 0 radical (unpaired) electrons. The monoisotopic (exact) mass is 319 g/mol. The Kier molecular flexibility index (Phi) is 3.85. The lowest BCUT2D eigenvalue weighted by atomic mass is 9.90. The lowest BCUT2D eigenvalue weighted by Crippen LogP contribution is -2.55. The standard InChI is InChI=1S/C16H25N5O2/c1-23-16(5-7-17-8-6-16)15(22)20-9-4-13-18-14(12-2-3-12)19-21(13)11-10-20/h12,17H,2-11H2,1H3. The second kappa shape index (κ2) is 5.87. The first kappa shape index (κ1) is 15.1. The maximum absolute atomic E-state index is 13.0. The van der Waals surface area contributed by atoms with Gasteiger partial charge in [-0.2, -0.15) is 5.10 Å². The van der Waals surface area contributed by atoms with E-state index in [0.29, 0.717) is 19.0 Å². The van der Waals surface area contributed by atoms with E-state index in [1.807, 2.05) is 9.58 Å². The Morgan fingerprint density at radius 3 is 2.74 bits per heavy atom. The summed E-state index contributed by atoms with van der Waals surface area (Å²) in [4.78, 5) is 19.7. The largest absolute Gasteiger partial charge is 0.368 e. The van der Waals surface area contributed by atoms with Crippen molar-refractivity contribution in [2.75, 3.05) is 33.3 Å². The summed E-state index contributed by atoms with van der Waals surface area (Å²) in [5, 5.41) is 7.94. The topological polar surface area (TPSA) is 72.3 Å². The van der Waals surface area contributed by atoms with E-state index in [1.54, 1.807) is 7.11 Å². The molecule has 3 aliphatic rings. The van der Waals surface area contributed by atoms with Crippen LogP contribution < -0.4 is 5.32 Å². The molecule has 126 valence electrons. The van der Waals surface area contributed by atoms with Gasteiger partial charge in [0.05, 0.1) is 6.54 Å². The van der Waals surface area contributed by atoms with E-state index in [-0.39, 0.29) is 5.91 Å². The SMILES string of the molecule is COC1(C(=O)N2CCc3nc(C4CC4)nn3CC2)CCNCC1. The van der Waals surface area contributed by atoms with Gasteiger partial charge in [0.2, 0.25) is 0 Å². The van der Waals surface area contributed by atoms with E-state index < -0.39 is 5.60 Å². The summed E-state index contributed by atoms with van der Waals surface area (Å²) in [5.74, 6) is 2.75. The highest BCUT2D eigenvalue weighted by molar-refractivity contribution is 5.85. The summed E-state index contributed by atoms with van der Waals surface area (Å²) in [6.45, 7) is 3.80. The van der Waals surface area contributed by atoms with Crippen LogP contribution in [-0.2, 0) is 22.5 Å². The van der Waals surface area contributed by atoms with Crippen LogP contribution in [0.3, 0.4) is 0 Å². The van der Waals surface area contributed by atoms with Gasteiger partial charge in [0.25, 0.3) is 5.91 Å². The third-order valence-corrected chi connectivity index (χ3v) is 5.37. The van der Waals surface area contributed by atoms with Crippen molar-refractivity contribution in [2.45, 2.75) is 50.2 Å². The average molecular weight is 319 g/mol. The highest BCUT2D eigenvalue weighted by Crippen LogP contribution is 2.38. The lowest BCUT2D eigenvalue weighted by molar-refractivity contribution is -0.158. The van der Waals surface area contributed by atoms with E-state index in [4.69, 9.17) is 4.74 Å². The fourth-order valence-corrected chi connectivity index (χ4v) is 3.66. The van der Waals surface area contributed by atoms with E-state index in [0.717, 1.165) is 50.5 Å². The third kappa shape index (κ3) is 2.76. The summed E-state index contributed by atoms with van der Waals surface area (Å²) < 4.78 is 7.69. The number of ether oxygens (including phenoxy) is 1. The molecule has 1 aliphatic carbocycles. The first-order chi connectivity index (χ1) is 11.2. The maximum atomic E-state index is 13.0. The first-order valence-electron chi connectivity index (χ1n) is 8.71. The van der Waals surface area contributed by atoms with Crippen molar-refractivity contribution in [3.8, 4) is 0 Å². The van der Waals surface area contributed by atoms with Crippen LogP contribution in [0.2, 0.25) is 0 Å². The highest BCUT2D eigenvalue weighted by Gasteiger charge is 2.42. The number of rotatable bonds is 3. The molecule has 0 aromatic carbocycles. The minimum absolute atomic E-state index is 0.134. The van der Waals surface area contributed by atoms with Crippen LogP contribution in [-0.4, -0.2) is 64.5 Å². The van der Waals surface area contributed by atoms with E-state index in [1.165, 1.54) is 12.8 Å². The van der Waals surface area contributed by atoms with Gasteiger partial charge in [-0.25, -0.2) is 9.67 Å². The maximum Gasteiger partial charge on any atom is 0.254 e. The van der Waals surface area contributed by atoms with Crippen molar-refractivity contribution >= 4 is 5.91 Å². The molecule has 1 aromatic rings. The summed E-state index contributed by atoms with van der Waals surface area (Å²) in [7, 11) is 1.66. The number of methoxy groups -OCH3 is 1. The van der Waals surface area contributed by atoms with Crippen molar-refractivity contribution in [1.29, 1.82) is 0 Å². The molecule has 0 unspecified atom stereocenters. The Bertz CT molecular complexity index is 564. The number of carbonyl (C=O) groups is 1. The molecule has 0 spiro atoms. The Labute approximate surface area is 136 Å². The number of hydrogen-bond acceptors (Lipinski definition) is 5. The number of amides is 1. The van der Waals surface area contributed by atoms with Gasteiger partial charge in [-0.15, -0.1) is 0 Å². The van der Waals surface area contributed by atoms with E-state index >= 15 is 0 Å². The van der Waals surface area contributed by atoms with Crippen molar-refractivity contribution in [3.63, 3.8) is 0 Å². The van der Waals surface area contributed by atoms with Gasteiger partial charge >= 0.3 is 0 Å². The first-order valence-corrected chi connectivity index (χ1v) is 8.71. The zero-order valence-electron chi connectivity index (χ0n) is 13.8. The molecule has 1 amide bonds. The molecule has 1 N–H and O–H groups in total. The Morgan fingerprint density at radius 2 is 2.04 bits per heavy atom. The second-order valence-corrected chi connectivity index (χ2v) is 6.87. The number of piperidine rings is 1. The molecule has 4 rings (SSSR count). The zero-order chi connectivity index (χ0) is 15.9. The summed E-state index contributed by atoms with van der Waals surface area (Å²) in [6.07, 6.45) is 4.71. The van der Waals surface area contributed by atoms with Gasteiger partial charge in [0.1, 0.15) is 11.4 Å². The van der Waals surface area contributed by atoms with Gasteiger partial charge in [-0.3, -0.25) is 4.79 Å². The van der Waals surface area contributed by atoms with Crippen molar-refractivity contribution in [1.82, 2.24) is 25.0 Å². The Hall–Kier alpha value is -1.47. The number of hydrogen-bond donors (Lipinski definition) is 1. The molecule has 2 aliphatic heterocycles. The van der Waals surface area contributed by atoms with Crippen LogP contribution in [0.1, 0.15) is 43.3 Å². The van der Waals surface area contributed by atoms with E-state index in [2.05, 4.69) is 15.4 Å². The molecule has 1 saturated carbocycles. The van der Waals surface area contributed by atoms with Gasteiger partial charge in [-0.05, 0) is 38.8 Å². The molecule has 2 fully saturated rings. The predicted molar refractivity (Wildman–Crippen MR) is 84.1 cm³/mol. The van der Waals surface area contributed by atoms with Gasteiger partial charge in [0.15, 0.2) is 5.82 Å². The summed E-state index contributed by atoms with van der Waals surface area (Å²) in [6, 6.07) is 0. The number of carbonyl (C=O) groups excluding carboxylic acids is 1. The average Bonchev–Trinajstić information content (AvgIpc) is 3.39. The van der Waals surface area contributed by atoms with Crippen molar-refractivity contribution < 1.29 is 9.53 Å². The molecule has 1 saturated heterocycles. The Morgan fingerprint density at radius 1 is 1.26 bits per heavy atom. The number of fused-ring (bicyclic) bond motifs is 1. The van der Waals surface area contributed by atoms with Crippen LogP contribution in [0.25, 0.3) is 0 Å². The fraction of sp³-hybridized carbons (Fsp3) is 0.812. The molecule has 7 heteroatoms. The highest BCUT2D eigenvalue weighted by atomic mass is 16.5. The van der Waals surface area contributed by atoms with Crippen molar-refractivity contribution in [3.05, 3.63) is 11.6 Å². The van der Waals surface area contributed by atoms with Crippen LogP contribution in [0.5, 0.6) is 0 Å². The summed E-state index contributed by atoms with van der Waals surface area (Å²) >= 11 is 0. The third-order valence-electron chi connectivity index (χ3n) is 5.37. The number of nitrogens with one attached hydrogen (secondary N) is 1. The zero-order valence-corrected chi connectivity index (χ0v) is 13.8. The minimum atomic E-state index is -0.649. The smallest absolute Gasteiger partial charge is 0.254 e.